The topological polar surface area (TPSA) is 163 Å². The zero-order valence-corrected chi connectivity index (χ0v) is 24.8. The van der Waals surface area contributed by atoms with Gasteiger partial charge in [0.25, 0.3) is 17.6 Å². The van der Waals surface area contributed by atoms with E-state index >= 15 is 4.39 Å². The third-order valence-electron chi connectivity index (χ3n) is 8.37. The van der Waals surface area contributed by atoms with Crippen LogP contribution < -0.4 is 10.2 Å². The SMILES string of the molecule is O=C(C(=O)N1CCN(c2nnnn2-c2ccccc2)CC1)c1c[nH]c2c(-n3nccc3C(=O)NCCN3CCCC3)ncc(F)c12. The van der Waals surface area contributed by atoms with Crippen molar-refractivity contribution in [3.63, 3.8) is 0 Å². The van der Waals surface area contributed by atoms with E-state index in [0.717, 1.165) is 44.4 Å². The van der Waals surface area contributed by atoms with Crippen LogP contribution in [-0.4, -0.2) is 120 Å². The van der Waals surface area contributed by atoms with Gasteiger partial charge in [0, 0.05) is 45.5 Å². The van der Waals surface area contributed by atoms with Crippen LogP contribution in [0.1, 0.15) is 33.7 Å². The molecule has 0 radical (unpaired) electrons. The largest absolute Gasteiger partial charge is 0.357 e. The number of nitrogens with zero attached hydrogens (tertiary/aromatic N) is 10. The fraction of sp³-hybridized carbons (Fsp3) is 0.333. The number of amides is 2. The number of para-hydroxylation sites is 1. The molecule has 4 aromatic heterocycles. The van der Waals surface area contributed by atoms with Gasteiger partial charge in [0.05, 0.1) is 34.5 Å². The van der Waals surface area contributed by atoms with Crippen molar-refractivity contribution in [2.24, 2.45) is 0 Å². The molecular weight excluding hydrogens is 595 g/mol. The summed E-state index contributed by atoms with van der Waals surface area (Å²) >= 11 is 0. The second-order valence-corrected chi connectivity index (χ2v) is 11.1. The molecule has 5 aromatic rings. The summed E-state index contributed by atoms with van der Waals surface area (Å²) in [5, 5.41) is 19.1. The molecule has 2 fully saturated rings. The standard InChI is InChI=1S/C30H31FN12O3/c31-22-19-34-27(43-23(8-9-35-43)28(45)32-10-13-39-11-4-5-12-39)25-24(22)21(18-33-25)26(44)29(46)40-14-16-41(17-15-40)30-36-37-38-42(30)20-6-2-1-3-7-20/h1-3,6-9,18-19,33H,4-5,10-17H2,(H,32,45). The number of rotatable bonds is 9. The van der Waals surface area contributed by atoms with E-state index in [0.29, 0.717) is 25.6 Å². The first kappa shape index (κ1) is 29.2. The fourth-order valence-corrected chi connectivity index (χ4v) is 5.99. The number of aromatic amines is 1. The maximum atomic E-state index is 15.2. The summed E-state index contributed by atoms with van der Waals surface area (Å²) in [6, 6.07) is 11.0. The molecular formula is C30H31FN12O3. The highest BCUT2D eigenvalue weighted by Gasteiger charge is 2.31. The van der Waals surface area contributed by atoms with Gasteiger partial charge in [-0.25, -0.2) is 14.1 Å². The lowest BCUT2D eigenvalue weighted by Crippen LogP contribution is -2.51. The number of hydrogen-bond acceptors (Lipinski definition) is 10. The van der Waals surface area contributed by atoms with Crippen molar-refractivity contribution in [3.05, 3.63) is 72.1 Å². The van der Waals surface area contributed by atoms with Crippen LogP contribution in [0.3, 0.4) is 0 Å². The van der Waals surface area contributed by atoms with E-state index in [9.17, 15) is 14.4 Å². The van der Waals surface area contributed by atoms with Gasteiger partial charge in [-0.1, -0.05) is 23.3 Å². The van der Waals surface area contributed by atoms with Crippen molar-refractivity contribution in [1.82, 2.24) is 55.1 Å². The van der Waals surface area contributed by atoms with Gasteiger partial charge in [0.1, 0.15) is 5.69 Å². The predicted octanol–water partition coefficient (Wildman–Crippen LogP) is 1.22. The van der Waals surface area contributed by atoms with E-state index in [-0.39, 0.29) is 47.0 Å². The molecule has 2 saturated heterocycles. The molecule has 16 heteroatoms. The quantitative estimate of drug-likeness (QED) is 0.180. The van der Waals surface area contributed by atoms with Gasteiger partial charge >= 0.3 is 0 Å². The van der Waals surface area contributed by atoms with Crippen molar-refractivity contribution < 1.29 is 18.8 Å². The van der Waals surface area contributed by atoms with E-state index in [1.165, 1.54) is 22.0 Å². The van der Waals surface area contributed by atoms with Crippen molar-refractivity contribution >= 4 is 34.4 Å². The van der Waals surface area contributed by atoms with Gasteiger partial charge in [-0.2, -0.15) is 9.78 Å². The predicted molar refractivity (Wildman–Crippen MR) is 163 cm³/mol. The number of hydrogen-bond donors (Lipinski definition) is 2. The summed E-state index contributed by atoms with van der Waals surface area (Å²) in [5.41, 5.74) is 1.02. The van der Waals surface area contributed by atoms with E-state index in [4.69, 9.17) is 0 Å². The van der Waals surface area contributed by atoms with Crippen molar-refractivity contribution in [3.8, 4) is 11.5 Å². The van der Waals surface area contributed by atoms with Crippen LogP contribution in [0.4, 0.5) is 10.3 Å². The number of carbonyl (C=O) groups is 3. The summed E-state index contributed by atoms with van der Waals surface area (Å²) < 4.78 is 18.1. The molecule has 2 amide bonds. The number of tetrazole rings is 1. The van der Waals surface area contributed by atoms with Gasteiger partial charge in [0.15, 0.2) is 11.6 Å². The van der Waals surface area contributed by atoms with Gasteiger partial charge in [-0.15, -0.1) is 0 Å². The third-order valence-corrected chi connectivity index (χ3v) is 8.37. The summed E-state index contributed by atoms with van der Waals surface area (Å²) in [6.45, 7) is 4.53. The zero-order valence-electron chi connectivity index (χ0n) is 24.8. The molecule has 6 heterocycles. The number of carbonyl (C=O) groups excluding carboxylic acids is 3. The minimum Gasteiger partial charge on any atom is -0.357 e. The second kappa shape index (κ2) is 12.5. The van der Waals surface area contributed by atoms with Crippen molar-refractivity contribution in [2.45, 2.75) is 12.8 Å². The molecule has 236 valence electrons. The number of pyridine rings is 1. The molecule has 1 aromatic carbocycles. The van der Waals surface area contributed by atoms with Gasteiger partial charge in [-0.3, -0.25) is 14.4 Å². The number of Topliss-reactive ketones (excluding diaryl/α,β-unsaturated/α-hetero) is 1. The lowest BCUT2D eigenvalue weighted by atomic mass is 10.1. The van der Waals surface area contributed by atoms with Crippen LogP contribution in [0.2, 0.25) is 0 Å². The fourth-order valence-electron chi connectivity index (χ4n) is 5.99. The number of fused-ring (bicyclic) bond motifs is 1. The number of nitrogens with one attached hydrogen (secondary N) is 2. The first-order valence-corrected chi connectivity index (χ1v) is 15.1. The third kappa shape index (κ3) is 5.47. The number of ketones is 1. The number of benzene rings is 1. The zero-order chi connectivity index (χ0) is 31.6. The van der Waals surface area contributed by atoms with Crippen LogP contribution in [0.15, 0.2) is 55.0 Å². The molecule has 0 aliphatic carbocycles. The number of likely N-dealkylation sites (tertiary alicyclic amines) is 1. The molecule has 0 saturated carbocycles. The summed E-state index contributed by atoms with van der Waals surface area (Å²) in [6.07, 6.45) is 6.02. The minimum absolute atomic E-state index is 0.0973. The molecule has 46 heavy (non-hydrogen) atoms. The van der Waals surface area contributed by atoms with Crippen LogP contribution in [0.5, 0.6) is 0 Å². The van der Waals surface area contributed by atoms with E-state index in [1.54, 1.807) is 10.7 Å². The molecule has 0 bridgehead atoms. The van der Waals surface area contributed by atoms with Gasteiger partial charge in [0.2, 0.25) is 5.95 Å². The van der Waals surface area contributed by atoms with E-state index in [2.05, 4.69) is 40.8 Å². The molecule has 0 spiro atoms. The number of piperazine rings is 1. The Hall–Kier alpha value is -5.51. The Kier molecular flexibility index (Phi) is 7.92. The van der Waals surface area contributed by atoms with Crippen LogP contribution in [0.25, 0.3) is 22.4 Å². The van der Waals surface area contributed by atoms with Gasteiger partial charge < -0.3 is 25.0 Å². The molecule has 0 unspecified atom stereocenters. The molecule has 0 atom stereocenters. The van der Waals surface area contributed by atoms with Gasteiger partial charge in [-0.05, 0) is 54.6 Å². The first-order valence-electron chi connectivity index (χ1n) is 15.1. The lowest BCUT2D eigenvalue weighted by molar-refractivity contribution is -0.126. The second-order valence-electron chi connectivity index (χ2n) is 11.1. The highest BCUT2D eigenvalue weighted by atomic mass is 19.1. The maximum absolute atomic E-state index is 15.2. The average Bonchev–Trinajstić information content (AvgIpc) is 3.92. The molecule has 15 nitrogen and oxygen atoms in total. The Morgan fingerprint density at radius 1 is 0.957 bits per heavy atom. The van der Waals surface area contributed by atoms with Crippen molar-refractivity contribution in [2.75, 3.05) is 57.3 Å². The summed E-state index contributed by atoms with van der Waals surface area (Å²) in [5.74, 6) is -2.09. The van der Waals surface area contributed by atoms with Crippen LogP contribution in [-0.2, 0) is 4.79 Å². The lowest BCUT2D eigenvalue weighted by Gasteiger charge is -2.34. The Labute approximate surface area is 262 Å². The first-order chi connectivity index (χ1) is 22.5. The molecule has 2 aliphatic rings. The Bertz CT molecular complexity index is 1890. The number of H-pyrrole nitrogens is 1. The van der Waals surface area contributed by atoms with Crippen LogP contribution >= 0.6 is 0 Å². The Morgan fingerprint density at radius 3 is 2.52 bits per heavy atom. The van der Waals surface area contributed by atoms with E-state index < -0.39 is 17.5 Å². The van der Waals surface area contributed by atoms with E-state index in [1.807, 2.05) is 35.2 Å². The molecule has 2 aliphatic heterocycles. The normalized spacial score (nSPS) is 15.5. The Morgan fingerprint density at radius 2 is 1.74 bits per heavy atom. The number of halogens is 1. The molecule has 2 N–H and O–H groups in total. The number of aromatic nitrogens is 8. The minimum atomic E-state index is -0.856. The average molecular weight is 627 g/mol. The Balaban J connectivity index is 1.06. The highest BCUT2D eigenvalue weighted by Crippen LogP contribution is 2.27. The maximum Gasteiger partial charge on any atom is 0.295 e. The monoisotopic (exact) mass is 626 g/mol. The summed E-state index contributed by atoms with van der Waals surface area (Å²) in [4.78, 5) is 52.6. The highest BCUT2D eigenvalue weighted by molar-refractivity contribution is 6.45. The van der Waals surface area contributed by atoms with Crippen molar-refractivity contribution in [1.29, 1.82) is 0 Å². The molecule has 7 rings (SSSR count). The smallest absolute Gasteiger partial charge is 0.295 e. The van der Waals surface area contributed by atoms with Crippen LogP contribution in [0, 0.1) is 5.82 Å². The number of anilines is 1. The summed E-state index contributed by atoms with van der Waals surface area (Å²) in [7, 11) is 0.